The summed E-state index contributed by atoms with van der Waals surface area (Å²) in [7, 11) is -2.13. The number of carbonyl (C=O) groups excluding carboxylic acids is 1. The smallest absolute Gasteiger partial charge is 0.336 e. The summed E-state index contributed by atoms with van der Waals surface area (Å²) in [5.41, 5.74) is 1.63. The molecular formula is C16H22N2O2SSi. The number of aromatic nitrogens is 2. The van der Waals surface area contributed by atoms with Crippen molar-refractivity contribution in [2.24, 2.45) is 0 Å². The lowest BCUT2D eigenvalue weighted by atomic mass is 10.2. The maximum Gasteiger partial charge on any atom is 0.336 e. The Bertz CT molecular complexity index is 675. The van der Waals surface area contributed by atoms with Crippen molar-refractivity contribution in [3.05, 3.63) is 35.1 Å². The maximum absolute atomic E-state index is 12.5. The van der Waals surface area contributed by atoms with Crippen molar-refractivity contribution in [2.45, 2.75) is 45.8 Å². The van der Waals surface area contributed by atoms with E-state index in [-0.39, 0.29) is 11.0 Å². The van der Waals surface area contributed by atoms with Crippen LogP contribution in [0.15, 0.2) is 24.5 Å². The highest BCUT2D eigenvalue weighted by Crippen LogP contribution is 2.38. The molecule has 4 nitrogen and oxygen atoms in total. The molecule has 2 aromatic heterocycles. The zero-order valence-corrected chi connectivity index (χ0v) is 15.7. The molecule has 0 amide bonds. The van der Waals surface area contributed by atoms with Crippen molar-refractivity contribution in [1.82, 2.24) is 9.97 Å². The number of rotatable bonds is 3. The molecule has 22 heavy (non-hydrogen) atoms. The van der Waals surface area contributed by atoms with E-state index in [1.165, 1.54) is 11.3 Å². The zero-order chi connectivity index (χ0) is 16.5. The minimum atomic E-state index is -2.13. The molecule has 0 fully saturated rings. The summed E-state index contributed by atoms with van der Waals surface area (Å²) in [6.07, 6.45) is 3.47. The summed E-state index contributed by atoms with van der Waals surface area (Å²) < 4.78 is 5.87. The van der Waals surface area contributed by atoms with Gasteiger partial charge >= 0.3 is 5.97 Å². The Balaban J connectivity index is 2.27. The molecule has 0 N–H and O–H groups in total. The van der Waals surface area contributed by atoms with Gasteiger partial charge in [-0.05, 0) is 37.2 Å². The predicted molar refractivity (Wildman–Crippen MR) is 92.7 cm³/mol. The second-order valence-electron chi connectivity index (χ2n) is 6.83. The fourth-order valence-corrected chi connectivity index (χ4v) is 3.51. The third kappa shape index (κ3) is 3.44. The average molecular weight is 335 g/mol. The van der Waals surface area contributed by atoms with Crippen LogP contribution in [0.25, 0.3) is 10.6 Å². The van der Waals surface area contributed by atoms with Crippen molar-refractivity contribution >= 4 is 25.6 Å². The lowest BCUT2D eigenvalue weighted by molar-refractivity contribution is 0.0717. The van der Waals surface area contributed by atoms with Gasteiger partial charge in [0.15, 0.2) is 0 Å². The highest BCUT2D eigenvalue weighted by Gasteiger charge is 2.41. The topological polar surface area (TPSA) is 52.1 Å². The second kappa shape index (κ2) is 5.93. The number of nitrogens with zero attached hydrogens (tertiary/aromatic N) is 2. The van der Waals surface area contributed by atoms with Crippen LogP contribution in [0.3, 0.4) is 0 Å². The average Bonchev–Trinajstić information content (AvgIpc) is 2.80. The minimum Gasteiger partial charge on any atom is -0.515 e. The van der Waals surface area contributed by atoms with Crippen molar-refractivity contribution < 1.29 is 9.22 Å². The van der Waals surface area contributed by atoms with Gasteiger partial charge in [-0.25, -0.2) is 9.78 Å². The molecule has 0 atom stereocenters. The van der Waals surface area contributed by atoms with Gasteiger partial charge < -0.3 is 4.43 Å². The third-order valence-corrected chi connectivity index (χ3v) is 9.54. The van der Waals surface area contributed by atoms with Crippen LogP contribution < -0.4 is 0 Å². The SMILES string of the molecule is Cc1nc(-c2cccnc2)sc1C(=O)O[Si](C)(C)C(C)(C)C. The first-order valence-electron chi connectivity index (χ1n) is 7.23. The fourth-order valence-electron chi connectivity index (χ4n) is 1.63. The lowest BCUT2D eigenvalue weighted by Crippen LogP contribution is -2.42. The molecule has 0 aromatic carbocycles. The van der Waals surface area contributed by atoms with E-state index in [0.29, 0.717) is 10.6 Å². The van der Waals surface area contributed by atoms with E-state index < -0.39 is 8.32 Å². The van der Waals surface area contributed by atoms with Crippen LogP contribution in [-0.4, -0.2) is 24.3 Å². The van der Waals surface area contributed by atoms with Gasteiger partial charge in [0.05, 0.1) is 5.69 Å². The fraction of sp³-hybridized carbons (Fsp3) is 0.438. The summed E-state index contributed by atoms with van der Waals surface area (Å²) >= 11 is 1.37. The predicted octanol–water partition coefficient (Wildman–Crippen LogP) is 4.68. The Morgan fingerprint density at radius 1 is 1.32 bits per heavy atom. The molecule has 0 bridgehead atoms. The largest absolute Gasteiger partial charge is 0.515 e. The van der Waals surface area contributed by atoms with Crippen molar-refractivity contribution in [2.75, 3.05) is 0 Å². The molecular weight excluding hydrogens is 312 g/mol. The molecule has 6 heteroatoms. The molecule has 2 heterocycles. The lowest BCUT2D eigenvalue weighted by Gasteiger charge is -2.35. The molecule has 0 aliphatic heterocycles. The number of pyridine rings is 1. The molecule has 0 radical (unpaired) electrons. The maximum atomic E-state index is 12.5. The molecule has 0 aliphatic rings. The van der Waals surface area contributed by atoms with Crippen LogP contribution in [0.4, 0.5) is 0 Å². The Labute approximate surface area is 136 Å². The third-order valence-electron chi connectivity index (χ3n) is 4.04. The van der Waals surface area contributed by atoms with Gasteiger partial charge in [0.2, 0.25) is 0 Å². The number of thiazole rings is 1. The van der Waals surface area contributed by atoms with Gasteiger partial charge in [-0.3, -0.25) is 4.98 Å². The molecule has 0 spiro atoms. The van der Waals surface area contributed by atoms with E-state index in [0.717, 1.165) is 10.6 Å². The second-order valence-corrected chi connectivity index (χ2v) is 12.5. The van der Waals surface area contributed by atoms with Crippen molar-refractivity contribution in [3.63, 3.8) is 0 Å². The molecule has 0 aliphatic carbocycles. The molecule has 2 rings (SSSR count). The number of aryl methyl sites for hydroxylation is 1. The van der Waals surface area contributed by atoms with Crippen LogP contribution >= 0.6 is 11.3 Å². The van der Waals surface area contributed by atoms with Crippen LogP contribution in [0.5, 0.6) is 0 Å². The first-order chi connectivity index (χ1) is 10.1. The summed E-state index contributed by atoms with van der Waals surface area (Å²) in [4.78, 5) is 21.7. The highest BCUT2D eigenvalue weighted by molar-refractivity contribution is 7.17. The Morgan fingerprint density at radius 2 is 2.00 bits per heavy atom. The number of carbonyl (C=O) groups is 1. The monoisotopic (exact) mass is 334 g/mol. The summed E-state index contributed by atoms with van der Waals surface area (Å²) in [6.45, 7) is 12.3. The molecule has 2 aromatic rings. The van der Waals surface area contributed by atoms with Gasteiger partial charge in [0.1, 0.15) is 9.88 Å². The van der Waals surface area contributed by atoms with E-state index >= 15 is 0 Å². The first kappa shape index (κ1) is 16.8. The standard InChI is InChI=1S/C16H22N2O2SSi/c1-11-13(15(19)20-22(5,6)16(2,3)4)21-14(18-11)12-8-7-9-17-10-12/h7-10H,1-6H3. The van der Waals surface area contributed by atoms with Gasteiger partial charge in [-0.1, -0.05) is 20.8 Å². The van der Waals surface area contributed by atoms with Crippen LogP contribution in [0.1, 0.15) is 36.1 Å². The van der Waals surface area contributed by atoms with E-state index in [2.05, 4.69) is 43.8 Å². The van der Waals surface area contributed by atoms with Gasteiger partial charge in [0, 0.05) is 18.0 Å². The van der Waals surface area contributed by atoms with E-state index in [9.17, 15) is 4.79 Å². The van der Waals surface area contributed by atoms with Crippen LogP contribution in [0.2, 0.25) is 18.1 Å². The summed E-state index contributed by atoms with van der Waals surface area (Å²) in [5, 5.41) is 0.792. The van der Waals surface area contributed by atoms with Gasteiger partial charge in [0.25, 0.3) is 8.32 Å². The summed E-state index contributed by atoms with van der Waals surface area (Å²) in [6, 6.07) is 3.80. The molecule has 0 saturated carbocycles. The van der Waals surface area contributed by atoms with Crippen molar-refractivity contribution in [3.8, 4) is 10.6 Å². The first-order valence-corrected chi connectivity index (χ1v) is 11.0. The number of hydrogen-bond donors (Lipinski definition) is 0. The molecule has 0 unspecified atom stereocenters. The molecule has 0 saturated heterocycles. The Hall–Kier alpha value is -1.53. The van der Waals surface area contributed by atoms with Crippen LogP contribution in [-0.2, 0) is 4.43 Å². The Kier molecular flexibility index (Phi) is 4.53. The minimum absolute atomic E-state index is 0.00651. The number of hydrogen-bond acceptors (Lipinski definition) is 5. The summed E-state index contributed by atoms with van der Waals surface area (Å²) in [5.74, 6) is -0.253. The van der Waals surface area contributed by atoms with E-state index in [4.69, 9.17) is 4.43 Å². The quantitative estimate of drug-likeness (QED) is 0.765. The normalized spacial score (nSPS) is 12.3. The van der Waals surface area contributed by atoms with Crippen molar-refractivity contribution in [1.29, 1.82) is 0 Å². The van der Waals surface area contributed by atoms with Gasteiger partial charge in [-0.2, -0.15) is 0 Å². The van der Waals surface area contributed by atoms with E-state index in [1.54, 1.807) is 12.4 Å². The Morgan fingerprint density at radius 3 is 2.55 bits per heavy atom. The molecule has 118 valence electrons. The highest BCUT2D eigenvalue weighted by atomic mass is 32.1. The zero-order valence-electron chi connectivity index (χ0n) is 13.9. The van der Waals surface area contributed by atoms with Gasteiger partial charge in [-0.15, -0.1) is 11.3 Å². The van der Waals surface area contributed by atoms with E-state index in [1.807, 2.05) is 19.1 Å². The van der Waals surface area contributed by atoms with Crippen LogP contribution in [0, 0.1) is 6.92 Å².